The van der Waals surface area contributed by atoms with Crippen LogP contribution in [0.2, 0.25) is 0 Å². The fourth-order valence-corrected chi connectivity index (χ4v) is 2.43. The topological polar surface area (TPSA) is 29.3 Å². The molecule has 0 aliphatic carbocycles. The summed E-state index contributed by atoms with van der Waals surface area (Å²) in [6.07, 6.45) is -3.07. The Morgan fingerprint density at radius 2 is 1.60 bits per heavy atom. The largest absolute Gasteiger partial charge is 0.407 e. The molecule has 15 heavy (non-hydrogen) atoms. The normalized spacial score (nSPS) is 39.2. The zero-order chi connectivity index (χ0) is 9.69. The first kappa shape index (κ1) is 15.3. The minimum atomic E-state index is -4.25. The molecule has 0 amide bonds. The van der Waals surface area contributed by atoms with Gasteiger partial charge in [-0.25, -0.2) is 0 Å². The lowest BCUT2D eigenvalue weighted by molar-refractivity contribution is -0.225. The molecule has 92 valence electrons. The minimum Gasteiger partial charge on any atom is -0.316 e. The second-order valence-electron chi connectivity index (χ2n) is 4.09. The standard InChI is InChI=1S/C8H13F3N2.2ClH/c9-8(10,11)7(12)5-13-3-1-6(7)2-4-13;;/h6H,1-5,12H2;2*1H. The minimum absolute atomic E-state index is 0. The van der Waals surface area contributed by atoms with E-state index in [-0.39, 0.29) is 37.3 Å². The Morgan fingerprint density at radius 3 is 1.80 bits per heavy atom. The Balaban J connectivity index is 0.000000980. The molecule has 3 aliphatic heterocycles. The number of nitrogens with zero attached hydrogens (tertiary/aromatic N) is 1. The third-order valence-corrected chi connectivity index (χ3v) is 3.33. The second kappa shape index (κ2) is 4.65. The lowest BCUT2D eigenvalue weighted by Gasteiger charge is -2.51. The maximum absolute atomic E-state index is 12.6. The molecule has 2 nitrogen and oxygen atoms in total. The van der Waals surface area contributed by atoms with Crippen molar-refractivity contribution in [1.29, 1.82) is 0 Å². The van der Waals surface area contributed by atoms with Gasteiger partial charge < -0.3 is 10.6 Å². The molecule has 2 N–H and O–H groups in total. The Hall–Kier alpha value is 0.290. The van der Waals surface area contributed by atoms with Crippen LogP contribution in [0.5, 0.6) is 0 Å². The molecule has 1 unspecified atom stereocenters. The predicted octanol–water partition coefficient (Wildman–Crippen LogP) is 1.82. The molecule has 3 saturated heterocycles. The lowest BCUT2D eigenvalue weighted by atomic mass is 9.73. The molecule has 3 rings (SSSR count). The van der Waals surface area contributed by atoms with Gasteiger partial charge in [-0.3, -0.25) is 0 Å². The summed E-state index contributed by atoms with van der Waals surface area (Å²) >= 11 is 0. The number of halogens is 5. The van der Waals surface area contributed by atoms with Crippen LogP contribution in [0.15, 0.2) is 0 Å². The fraction of sp³-hybridized carbons (Fsp3) is 1.00. The van der Waals surface area contributed by atoms with Gasteiger partial charge in [-0.1, -0.05) is 0 Å². The Bertz CT molecular complexity index is 216. The van der Waals surface area contributed by atoms with E-state index in [0.717, 1.165) is 13.1 Å². The second-order valence-corrected chi connectivity index (χ2v) is 4.09. The van der Waals surface area contributed by atoms with Crippen molar-refractivity contribution in [2.45, 2.75) is 24.6 Å². The average molecular weight is 267 g/mol. The van der Waals surface area contributed by atoms with Gasteiger partial charge in [0.2, 0.25) is 0 Å². The van der Waals surface area contributed by atoms with Crippen LogP contribution >= 0.6 is 24.8 Å². The highest BCUT2D eigenvalue weighted by atomic mass is 35.5. The number of piperidine rings is 3. The summed E-state index contributed by atoms with van der Waals surface area (Å²) in [4.78, 5) is 1.81. The number of rotatable bonds is 0. The van der Waals surface area contributed by atoms with Crippen molar-refractivity contribution in [3.63, 3.8) is 0 Å². The van der Waals surface area contributed by atoms with Crippen LogP contribution < -0.4 is 5.73 Å². The molecule has 3 fully saturated rings. The van der Waals surface area contributed by atoms with Gasteiger partial charge in [-0.2, -0.15) is 13.2 Å². The number of hydrogen-bond acceptors (Lipinski definition) is 2. The van der Waals surface area contributed by atoms with Crippen molar-refractivity contribution in [2.24, 2.45) is 11.7 Å². The van der Waals surface area contributed by atoms with Gasteiger partial charge in [0.1, 0.15) is 5.54 Å². The molecule has 0 radical (unpaired) electrons. The zero-order valence-electron chi connectivity index (χ0n) is 8.09. The van der Waals surface area contributed by atoms with Gasteiger partial charge in [0.05, 0.1) is 0 Å². The van der Waals surface area contributed by atoms with Gasteiger partial charge in [-0.05, 0) is 31.8 Å². The van der Waals surface area contributed by atoms with Crippen molar-refractivity contribution in [3.05, 3.63) is 0 Å². The van der Waals surface area contributed by atoms with Crippen LogP contribution in [0.1, 0.15) is 12.8 Å². The average Bonchev–Trinajstić information content (AvgIpc) is 2.04. The van der Waals surface area contributed by atoms with Crippen LogP contribution in [-0.2, 0) is 0 Å². The summed E-state index contributed by atoms with van der Waals surface area (Å²) in [6.45, 7) is 1.54. The van der Waals surface area contributed by atoms with E-state index in [0.29, 0.717) is 12.8 Å². The smallest absolute Gasteiger partial charge is 0.316 e. The van der Waals surface area contributed by atoms with E-state index in [9.17, 15) is 13.2 Å². The number of nitrogens with two attached hydrogens (primary N) is 1. The van der Waals surface area contributed by atoms with Crippen molar-refractivity contribution in [3.8, 4) is 0 Å². The predicted molar refractivity (Wildman–Crippen MR) is 56.6 cm³/mol. The van der Waals surface area contributed by atoms with Crippen LogP contribution in [0.3, 0.4) is 0 Å². The molecular formula is C8H15Cl2F3N2. The summed E-state index contributed by atoms with van der Waals surface area (Å²) < 4.78 is 37.9. The first-order valence-corrected chi connectivity index (χ1v) is 4.51. The van der Waals surface area contributed by atoms with Crippen LogP contribution in [-0.4, -0.2) is 36.2 Å². The summed E-state index contributed by atoms with van der Waals surface area (Å²) in [6, 6.07) is 0. The van der Waals surface area contributed by atoms with Crippen molar-refractivity contribution >= 4 is 24.8 Å². The maximum Gasteiger partial charge on any atom is 0.407 e. The highest BCUT2D eigenvalue weighted by molar-refractivity contribution is 5.85. The van der Waals surface area contributed by atoms with E-state index >= 15 is 0 Å². The summed E-state index contributed by atoms with van der Waals surface area (Å²) in [5.74, 6) is -0.363. The first-order chi connectivity index (χ1) is 5.93. The molecule has 3 heterocycles. The van der Waals surface area contributed by atoms with E-state index in [2.05, 4.69) is 0 Å². The third-order valence-electron chi connectivity index (χ3n) is 3.33. The van der Waals surface area contributed by atoms with E-state index < -0.39 is 11.7 Å². The zero-order valence-corrected chi connectivity index (χ0v) is 9.72. The maximum atomic E-state index is 12.6. The van der Waals surface area contributed by atoms with Gasteiger partial charge in [-0.15, -0.1) is 24.8 Å². The van der Waals surface area contributed by atoms with E-state index in [1.54, 1.807) is 0 Å². The van der Waals surface area contributed by atoms with E-state index in [1.807, 2.05) is 4.90 Å². The van der Waals surface area contributed by atoms with Crippen LogP contribution in [0.25, 0.3) is 0 Å². The summed E-state index contributed by atoms with van der Waals surface area (Å²) in [5.41, 5.74) is 3.51. The molecule has 3 aliphatic rings. The highest BCUT2D eigenvalue weighted by Crippen LogP contribution is 2.43. The number of fused-ring (bicyclic) bond motifs is 3. The number of alkyl halides is 3. The molecule has 7 heteroatoms. The molecule has 0 spiro atoms. The van der Waals surface area contributed by atoms with E-state index in [1.165, 1.54) is 0 Å². The van der Waals surface area contributed by atoms with Crippen LogP contribution in [0, 0.1) is 5.92 Å². The van der Waals surface area contributed by atoms with Gasteiger partial charge in [0.25, 0.3) is 0 Å². The number of hydrogen-bond donors (Lipinski definition) is 1. The SMILES string of the molecule is Cl.Cl.NC1(C(F)(F)F)CN2CCC1CC2. The van der Waals surface area contributed by atoms with Crippen molar-refractivity contribution in [1.82, 2.24) is 4.90 Å². The van der Waals surface area contributed by atoms with Gasteiger partial charge in [0, 0.05) is 6.54 Å². The summed E-state index contributed by atoms with van der Waals surface area (Å²) in [7, 11) is 0. The van der Waals surface area contributed by atoms with Crippen molar-refractivity contribution < 1.29 is 13.2 Å². The highest BCUT2D eigenvalue weighted by Gasteiger charge is 2.60. The molecule has 0 aromatic rings. The monoisotopic (exact) mass is 266 g/mol. The first-order valence-electron chi connectivity index (χ1n) is 4.51. The van der Waals surface area contributed by atoms with Gasteiger partial charge >= 0.3 is 6.18 Å². The summed E-state index contributed by atoms with van der Waals surface area (Å²) in [5, 5.41) is 0. The quantitative estimate of drug-likeness (QED) is 0.725. The Labute approximate surface area is 99.2 Å². The third kappa shape index (κ3) is 2.35. The molecule has 1 atom stereocenters. The fourth-order valence-electron chi connectivity index (χ4n) is 2.43. The molecule has 0 saturated carbocycles. The molecular weight excluding hydrogens is 252 g/mol. The molecule has 2 bridgehead atoms. The molecule has 0 aromatic heterocycles. The van der Waals surface area contributed by atoms with Crippen LogP contribution in [0.4, 0.5) is 13.2 Å². The molecule has 0 aromatic carbocycles. The lowest BCUT2D eigenvalue weighted by Crippen LogP contribution is -2.70. The van der Waals surface area contributed by atoms with E-state index in [4.69, 9.17) is 5.73 Å². The Kier molecular flexibility index (Phi) is 4.74. The Morgan fingerprint density at radius 1 is 1.13 bits per heavy atom. The van der Waals surface area contributed by atoms with Gasteiger partial charge in [0.15, 0.2) is 0 Å². The van der Waals surface area contributed by atoms with Crippen molar-refractivity contribution in [2.75, 3.05) is 19.6 Å².